The van der Waals surface area contributed by atoms with Gasteiger partial charge in [-0.15, -0.1) is 0 Å². The zero-order valence-corrected chi connectivity index (χ0v) is 38.9. The number of nitrogens with zero attached hydrogens (tertiary/aromatic N) is 1. The van der Waals surface area contributed by atoms with Crippen molar-refractivity contribution in [3.8, 4) is 0 Å². The number of benzene rings is 1. The average Bonchev–Trinajstić information content (AvgIpc) is 3.20. The molecule has 1 aromatic rings. The van der Waals surface area contributed by atoms with Gasteiger partial charge in [0.2, 0.25) is 0 Å². The molecule has 1 heteroatoms. The van der Waals surface area contributed by atoms with E-state index in [4.69, 9.17) is 0 Å². The topological polar surface area (TPSA) is 3.24 Å². The fourth-order valence-corrected chi connectivity index (χ4v) is 8.43. The molecule has 0 radical (unpaired) electrons. The molecule has 1 nitrogen and oxygen atoms in total. The molecule has 0 spiro atoms. The van der Waals surface area contributed by atoms with Gasteiger partial charge in [-0.1, -0.05) is 218 Å². The second kappa shape index (κ2) is 36.2. The molecule has 56 heavy (non-hydrogen) atoms. The largest absolute Gasteiger partial charge is 0.303 e. The third-order valence-corrected chi connectivity index (χ3v) is 12.4. The Hall–Kier alpha value is -1.86. The summed E-state index contributed by atoms with van der Waals surface area (Å²) < 4.78 is 0. The summed E-state index contributed by atoms with van der Waals surface area (Å²) in [6.45, 7) is 33.1. The van der Waals surface area contributed by atoms with Crippen LogP contribution in [0.25, 0.3) is 5.57 Å². The van der Waals surface area contributed by atoms with Crippen LogP contribution in [0.3, 0.4) is 0 Å². The normalized spacial score (nSPS) is 11.5. The molecule has 0 fully saturated rings. The number of unbranched alkanes of at least 4 members (excludes halogenated alkanes) is 20. The van der Waals surface area contributed by atoms with Crippen molar-refractivity contribution in [2.24, 2.45) is 0 Å². The summed E-state index contributed by atoms with van der Waals surface area (Å²) in [5.74, 6) is 0. The average molecular weight is 772 g/mol. The van der Waals surface area contributed by atoms with Crippen molar-refractivity contribution in [1.29, 1.82) is 0 Å². The van der Waals surface area contributed by atoms with Crippen LogP contribution < -0.4 is 0 Å². The van der Waals surface area contributed by atoms with Crippen molar-refractivity contribution in [2.45, 2.75) is 247 Å². The van der Waals surface area contributed by atoms with E-state index in [2.05, 4.69) is 78.0 Å². The SMILES string of the molecule is C=C(CCCCCCCCC)CCN(CCCC(=C)Cc1c(CC)cc(C(=C)CCCCC)cc1CC)CCC(=C)CCCCCCCCCCCCCCC. The van der Waals surface area contributed by atoms with Gasteiger partial charge in [0, 0.05) is 13.1 Å². The lowest BCUT2D eigenvalue weighted by Crippen LogP contribution is -2.28. The first-order chi connectivity index (χ1) is 27.3. The minimum Gasteiger partial charge on any atom is -0.303 e. The van der Waals surface area contributed by atoms with Crippen LogP contribution in [0.15, 0.2) is 55.2 Å². The molecule has 0 aromatic heterocycles. The Morgan fingerprint density at radius 1 is 0.393 bits per heavy atom. The minimum atomic E-state index is 1.01. The fourth-order valence-electron chi connectivity index (χ4n) is 8.43. The van der Waals surface area contributed by atoms with Gasteiger partial charge in [0.1, 0.15) is 0 Å². The van der Waals surface area contributed by atoms with Gasteiger partial charge < -0.3 is 4.90 Å². The predicted octanol–water partition coefficient (Wildman–Crippen LogP) is 18.1. The Morgan fingerprint density at radius 2 is 0.750 bits per heavy atom. The molecule has 0 aliphatic carbocycles. The molecule has 0 aliphatic heterocycles. The van der Waals surface area contributed by atoms with Crippen LogP contribution in [0.2, 0.25) is 0 Å². The molecular weight excluding hydrogens is 675 g/mol. The van der Waals surface area contributed by atoms with Gasteiger partial charge in [0.15, 0.2) is 0 Å². The maximum atomic E-state index is 4.64. The van der Waals surface area contributed by atoms with Crippen LogP contribution in [0, 0.1) is 0 Å². The first kappa shape index (κ1) is 52.2. The monoisotopic (exact) mass is 772 g/mol. The van der Waals surface area contributed by atoms with E-state index >= 15 is 0 Å². The third kappa shape index (κ3) is 26.9. The van der Waals surface area contributed by atoms with Crippen molar-refractivity contribution >= 4 is 5.57 Å². The second-order valence-electron chi connectivity index (χ2n) is 17.8. The molecule has 0 N–H and O–H groups in total. The predicted molar refractivity (Wildman–Crippen MR) is 257 cm³/mol. The first-order valence-corrected chi connectivity index (χ1v) is 24.8. The Labute approximate surface area is 352 Å². The summed E-state index contributed by atoms with van der Waals surface area (Å²) in [5.41, 5.74) is 11.5. The van der Waals surface area contributed by atoms with Crippen LogP contribution in [0.1, 0.15) is 249 Å². The zero-order chi connectivity index (χ0) is 41.1. The van der Waals surface area contributed by atoms with Crippen molar-refractivity contribution in [1.82, 2.24) is 4.90 Å². The van der Waals surface area contributed by atoms with E-state index in [-0.39, 0.29) is 0 Å². The summed E-state index contributed by atoms with van der Waals surface area (Å²) in [6.07, 6.45) is 43.1. The lowest BCUT2D eigenvalue weighted by molar-refractivity contribution is 0.274. The molecule has 0 saturated carbocycles. The van der Waals surface area contributed by atoms with Gasteiger partial charge in [-0.05, 0) is 118 Å². The first-order valence-electron chi connectivity index (χ1n) is 24.8. The summed E-state index contributed by atoms with van der Waals surface area (Å²) in [4.78, 5) is 2.73. The van der Waals surface area contributed by atoms with E-state index in [0.717, 1.165) is 64.6 Å². The molecule has 1 rings (SSSR count). The van der Waals surface area contributed by atoms with Crippen molar-refractivity contribution in [3.63, 3.8) is 0 Å². The van der Waals surface area contributed by atoms with Crippen LogP contribution in [0.5, 0.6) is 0 Å². The molecule has 0 bridgehead atoms. The van der Waals surface area contributed by atoms with Gasteiger partial charge in [0.25, 0.3) is 0 Å². The highest BCUT2D eigenvalue weighted by Crippen LogP contribution is 2.29. The van der Waals surface area contributed by atoms with E-state index in [9.17, 15) is 0 Å². The van der Waals surface area contributed by atoms with E-state index in [1.165, 1.54) is 211 Å². The lowest BCUT2D eigenvalue weighted by atomic mass is 9.87. The molecule has 0 unspecified atom stereocenters. The molecule has 0 heterocycles. The van der Waals surface area contributed by atoms with Crippen molar-refractivity contribution in [3.05, 3.63) is 77.4 Å². The summed E-state index contributed by atoms with van der Waals surface area (Å²) >= 11 is 0. The maximum Gasteiger partial charge on any atom is 0.00186 e. The van der Waals surface area contributed by atoms with E-state index < -0.39 is 0 Å². The Morgan fingerprint density at radius 3 is 1.16 bits per heavy atom. The molecule has 322 valence electrons. The number of allylic oxidation sites excluding steroid dienone is 2. The number of hydrogen-bond donors (Lipinski definition) is 0. The smallest absolute Gasteiger partial charge is 0.00186 e. The van der Waals surface area contributed by atoms with Crippen LogP contribution in [0.4, 0.5) is 0 Å². The molecule has 1 aromatic carbocycles. The van der Waals surface area contributed by atoms with Crippen LogP contribution in [-0.2, 0) is 19.3 Å². The second-order valence-corrected chi connectivity index (χ2v) is 17.8. The van der Waals surface area contributed by atoms with Gasteiger partial charge in [-0.25, -0.2) is 0 Å². The highest BCUT2D eigenvalue weighted by atomic mass is 15.1. The van der Waals surface area contributed by atoms with Crippen LogP contribution in [-0.4, -0.2) is 24.5 Å². The van der Waals surface area contributed by atoms with E-state index in [1.54, 1.807) is 0 Å². The Balaban J connectivity index is 2.60. The molecule has 0 aliphatic rings. The van der Waals surface area contributed by atoms with Crippen molar-refractivity contribution in [2.75, 3.05) is 19.6 Å². The van der Waals surface area contributed by atoms with Crippen LogP contribution >= 0.6 is 0 Å². The summed E-state index contributed by atoms with van der Waals surface area (Å²) in [6, 6.07) is 4.89. The highest BCUT2D eigenvalue weighted by Gasteiger charge is 2.13. The maximum absolute atomic E-state index is 4.64. The van der Waals surface area contributed by atoms with Gasteiger partial charge in [-0.2, -0.15) is 0 Å². The van der Waals surface area contributed by atoms with Gasteiger partial charge in [-0.3, -0.25) is 0 Å². The highest BCUT2D eigenvalue weighted by molar-refractivity contribution is 5.66. The lowest BCUT2D eigenvalue weighted by Gasteiger charge is -2.24. The van der Waals surface area contributed by atoms with E-state index in [1.807, 2.05) is 0 Å². The third-order valence-electron chi connectivity index (χ3n) is 12.4. The quantitative estimate of drug-likeness (QED) is 0.0473. The standard InChI is InChI=1S/C55H97N/c1-10-15-18-20-22-23-24-25-26-27-29-31-34-37-49(7)41-44-56(43-40-48(6)36-33-30-28-21-19-16-11-2)42-35-38-50(8)45-55-52(13-4)46-54(47-53(55)14-5)51(9)39-32-17-12-3/h46-47H,6-45H2,1-5H3. The van der Waals surface area contributed by atoms with Crippen molar-refractivity contribution < 1.29 is 0 Å². The Bertz CT molecular complexity index is 1130. The van der Waals surface area contributed by atoms with E-state index in [0.29, 0.717) is 0 Å². The number of hydrogen-bond acceptors (Lipinski definition) is 1. The molecule has 0 amide bonds. The fraction of sp³-hybridized carbons (Fsp3) is 0.745. The number of rotatable bonds is 41. The molecule has 0 saturated heterocycles. The summed E-state index contributed by atoms with van der Waals surface area (Å²) in [7, 11) is 0. The van der Waals surface area contributed by atoms with Gasteiger partial charge in [0.05, 0.1) is 0 Å². The molecular formula is C55H97N. The Kier molecular flexibility index (Phi) is 33.8. The number of aryl methyl sites for hydroxylation is 2. The molecule has 0 atom stereocenters. The summed E-state index contributed by atoms with van der Waals surface area (Å²) in [5, 5.41) is 0. The minimum absolute atomic E-state index is 1.01. The van der Waals surface area contributed by atoms with Gasteiger partial charge >= 0.3 is 0 Å². The zero-order valence-electron chi connectivity index (χ0n) is 38.9.